The summed E-state index contributed by atoms with van der Waals surface area (Å²) in [6, 6.07) is 8.15. The normalized spacial score (nSPS) is 17.8. The first kappa shape index (κ1) is 25.2. The van der Waals surface area contributed by atoms with Gasteiger partial charge in [0.15, 0.2) is 0 Å². The molecular weight excluding hydrogens is 414 g/mol. The van der Waals surface area contributed by atoms with E-state index in [0.717, 1.165) is 34.5 Å². The highest BCUT2D eigenvalue weighted by molar-refractivity contribution is 6.31. The Kier molecular flexibility index (Phi) is 10.1. The number of nitrogens with zero attached hydrogens (tertiary/aromatic N) is 1. The second-order valence-corrected chi connectivity index (χ2v) is 10.4. The summed E-state index contributed by atoms with van der Waals surface area (Å²) < 4.78 is 6.40. The molecule has 0 amide bonds. The van der Waals surface area contributed by atoms with Gasteiger partial charge in [-0.2, -0.15) is 0 Å². The van der Waals surface area contributed by atoms with Crippen LogP contribution < -0.4 is 0 Å². The molecule has 1 aliphatic rings. The van der Waals surface area contributed by atoms with Crippen LogP contribution in [0.15, 0.2) is 36.4 Å². The molecule has 2 aromatic rings. The lowest BCUT2D eigenvalue weighted by atomic mass is 9.90. The third kappa shape index (κ3) is 7.59. The maximum atomic E-state index is 6.40. The zero-order chi connectivity index (χ0) is 22.8. The zero-order valence-electron chi connectivity index (χ0n) is 20.5. The standard InChI is InChI=1S/C29H42ClNO/c1-4-5-6-7-8-9-10-11-12-13-14-15-16-17-26-22-24-20-23-21-25(30)18-19-27(23)31-28(24)29(2,3)32-26/h16-21,26H,4-15,22H2,1-3H3/b17-16+. The fraction of sp³-hybridized carbons (Fsp3) is 0.621. The number of aromatic nitrogens is 1. The van der Waals surface area contributed by atoms with Crippen LogP contribution in [0.5, 0.6) is 0 Å². The fourth-order valence-electron chi connectivity index (χ4n) is 4.84. The van der Waals surface area contributed by atoms with Crippen LogP contribution in [-0.2, 0) is 16.8 Å². The molecular formula is C29H42ClNO. The van der Waals surface area contributed by atoms with Gasteiger partial charge in [0.2, 0.25) is 0 Å². The van der Waals surface area contributed by atoms with E-state index in [-0.39, 0.29) is 11.7 Å². The van der Waals surface area contributed by atoms with Gasteiger partial charge in [0.05, 0.1) is 17.3 Å². The SMILES string of the molecule is CCCCCCCCCCCCC/C=C/C1Cc2cc3cc(Cl)ccc3nc2C(C)(C)O1. The number of hydrogen-bond acceptors (Lipinski definition) is 2. The summed E-state index contributed by atoms with van der Waals surface area (Å²) in [5, 5.41) is 1.87. The van der Waals surface area contributed by atoms with Crippen molar-refractivity contribution >= 4 is 22.5 Å². The third-order valence-electron chi connectivity index (χ3n) is 6.62. The summed E-state index contributed by atoms with van der Waals surface area (Å²) in [7, 11) is 0. The molecule has 3 rings (SSSR count). The molecule has 32 heavy (non-hydrogen) atoms. The molecule has 0 spiro atoms. The second-order valence-electron chi connectivity index (χ2n) is 9.96. The number of allylic oxidation sites excluding steroid dienone is 1. The lowest BCUT2D eigenvalue weighted by Crippen LogP contribution is -2.36. The average molecular weight is 456 g/mol. The smallest absolute Gasteiger partial charge is 0.105 e. The number of ether oxygens (including phenoxy) is 1. The predicted molar refractivity (Wildman–Crippen MR) is 139 cm³/mol. The Morgan fingerprint density at radius 1 is 0.969 bits per heavy atom. The maximum absolute atomic E-state index is 6.40. The van der Waals surface area contributed by atoms with Crippen LogP contribution in [0, 0.1) is 0 Å². The minimum absolute atomic E-state index is 0.114. The van der Waals surface area contributed by atoms with E-state index in [1.807, 2.05) is 18.2 Å². The van der Waals surface area contributed by atoms with Crippen molar-refractivity contribution in [2.45, 2.75) is 116 Å². The highest BCUT2D eigenvalue weighted by Gasteiger charge is 2.34. The van der Waals surface area contributed by atoms with Crippen LogP contribution in [0.25, 0.3) is 10.9 Å². The Bertz CT molecular complexity index is 873. The molecule has 0 saturated carbocycles. The van der Waals surface area contributed by atoms with Gasteiger partial charge in [-0.25, -0.2) is 4.98 Å². The molecule has 0 aliphatic carbocycles. The summed E-state index contributed by atoms with van der Waals surface area (Å²) in [5.41, 5.74) is 2.94. The first-order valence-corrected chi connectivity index (χ1v) is 13.3. The lowest BCUT2D eigenvalue weighted by Gasteiger charge is -2.36. The Morgan fingerprint density at radius 2 is 1.62 bits per heavy atom. The fourth-order valence-corrected chi connectivity index (χ4v) is 5.02. The summed E-state index contributed by atoms with van der Waals surface area (Å²) in [6.45, 7) is 6.54. The molecule has 2 heterocycles. The number of benzene rings is 1. The van der Waals surface area contributed by atoms with E-state index in [9.17, 15) is 0 Å². The number of unbranched alkanes of at least 4 members (excludes halogenated alkanes) is 11. The highest BCUT2D eigenvalue weighted by Crippen LogP contribution is 2.36. The molecule has 0 bridgehead atoms. The van der Waals surface area contributed by atoms with Gasteiger partial charge in [0, 0.05) is 16.8 Å². The van der Waals surface area contributed by atoms with Gasteiger partial charge in [-0.05, 0) is 56.5 Å². The zero-order valence-corrected chi connectivity index (χ0v) is 21.2. The largest absolute Gasteiger partial charge is 0.362 e. The van der Waals surface area contributed by atoms with Gasteiger partial charge in [0.25, 0.3) is 0 Å². The van der Waals surface area contributed by atoms with Crippen molar-refractivity contribution in [3.05, 3.63) is 52.7 Å². The van der Waals surface area contributed by atoms with Crippen molar-refractivity contribution in [2.75, 3.05) is 0 Å². The summed E-state index contributed by atoms with van der Waals surface area (Å²) in [5.74, 6) is 0. The van der Waals surface area contributed by atoms with Gasteiger partial charge in [-0.3, -0.25) is 0 Å². The summed E-state index contributed by atoms with van der Waals surface area (Å²) in [4.78, 5) is 4.91. The third-order valence-corrected chi connectivity index (χ3v) is 6.85. The minimum atomic E-state index is -0.382. The van der Waals surface area contributed by atoms with Crippen LogP contribution >= 0.6 is 11.6 Å². The number of rotatable bonds is 13. The van der Waals surface area contributed by atoms with Crippen LogP contribution in [-0.4, -0.2) is 11.1 Å². The molecule has 0 fully saturated rings. The van der Waals surface area contributed by atoms with Crippen LogP contribution in [0.3, 0.4) is 0 Å². The van der Waals surface area contributed by atoms with Crippen molar-refractivity contribution in [1.29, 1.82) is 0 Å². The van der Waals surface area contributed by atoms with Gasteiger partial charge >= 0.3 is 0 Å². The van der Waals surface area contributed by atoms with E-state index >= 15 is 0 Å². The molecule has 1 aromatic carbocycles. The summed E-state index contributed by atoms with van der Waals surface area (Å²) >= 11 is 6.19. The van der Waals surface area contributed by atoms with Crippen LogP contribution in [0.4, 0.5) is 0 Å². The van der Waals surface area contributed by atoms with Gasteiger partial charge in [-0.15, -0.1) is 0 Å². The van der Waals surface area contributed by atoms with Crippen molar-refractivity contribution in [2.24, 2.45) is 0 Å². The van der Waals surface area contributed by atoms with E-state index in [1.165, 1.54) is 76.2 Å². The lowest BCUT2D eigenvalue weighted by molar-refractivity contribution is -0.0698. The van der Waals surface area contributed by atoms with Crippen molar-refractivity contribution in [3.63, 3.8) is 0 Å². The Morgan fingerprint density at radius 3 is 2.31 bits per heavy atom. The van der Waals surface area contributed by atoms with Crippen LogP contribution in [0.1, 0.15) is 109 Å². The number of hydrogen-bond donors (Lipinski definition) is 0. The molecule has 0 saturated heterocycles. The van der Waals surface area contributed by atoms with Crippen molar-refractivity contribution in [3.8, 4) is 0 Å². The highest BCUT2D eigenvalue weighted by atomic mass is 35.5. The number of pyridine rings is 1. The average Bonchev–Trinajstić information content (AvgIpc) is 2.75. The first-order chi connectivity index (χ1) is 15.5. The van der Waals surface area contributed by atoms with Crippen molar-refractivity contribution < 1.29 is 4.74 Å². The van der Waals surface area contributed by atoms with Crippen LogP contribution in [0.2, 0.25) is 5.02 Å². The van der Waals surface area contributed by atoms with Gasteiger partial charge in [0.1, 0.15) is 5.60 Å². The van der Waals surface area contributed by atoms with E-state index in [1.54, 1.807) is 0 Å². The molecule has 3 heteroatoms. The molecule has 0 radical (unpaired) electrons. The Balaban J connectivity index is 1.38. The number of fused-ring (bicyclic) bond motifs is 2. The Labute approximate surface area is 200 Å². The first-order valence-electron chi connectivity index (χ1n) is 12.9. The van der Waals surface area contributed by atoms with E-state index in [4.69, 9.17) is 21.3 Å². The molecule has 176 valence electrons. The van der Waals surface area contributed by atoms with E-state index < -0.39 is 0 Å². The minimum Gasteiger partial charge on any atom is -0.362 e. The van der Waals surface area contributed by atoms with Gasteiger partial charge < -0.3 is 4.74 Å². The molecule has 2 nitrogen and oxygen atoms in total. The topological polar surface area (TPSA) is 22.1 Å². The molecule has 0 N–H and O–H groups in total. The quantitative estimate of drug-likeness (QED) is 0.221. The van der Waals surface area contributed by atoms with E-state index in [2.05, 4.69) is 39.0 Å². The molecule has 1 unspecified atom stereocenters. The number of halogens is 1. The van der Waals surface area contributed by atoms with Gasteiger partial charge in [-0.1, -0.05) is 94.9 Å². The Hall–Kier alpha value is -1.38. The second kappa shape index (κ2) is 12.8. The molecule has 1 aliphatic heterocycles. The monoisotopic (exact) mass is 455 g/mol. The van der Waals surface area contributed by atoms with E-state index in [0.29, 0.717) is 0 Å². The predicted octanol–water partition coefficient (Wildman–Crippen LogP) is 9.32. The molecule has 1 aromatic heterocycles. The molecule has 1 atom stereocenters. The summed E-state index contributed by atoms with van der Waals surface area (Å²) in [6.07, 6.45) is 22.0. The van der Waals surface area contributed by atoms with Crippen molar-refractivity contribution in [1.82, 2.24) is 4.98 Å². The maximum Gasteiger partial charge on any atom is 0.105 e.